The largest absolute Gasteiger partial charge is 0.618 e. The van der Waals surface area contributed by atoms with Crippen LogP contribution in [0.2, 0.25) is 5.02 Å². The fraction of sp³-hybridized carbons (Fsp3) is 0.368. The van der Waals surface area contributed by atoms with Crippen molar-refractivity contribution in [2.24, 2.45) is 0 Å². The molecule has 0 radical (unpaired) electrons. The molecule has 0 unspecified atom stereocenters. The number of carbonyl (C=O) groups is 1. The fourth-order valence-corrected chi connectivity index (χ4v) is 3.39. The normalized spacial score (nSPS) is 10.6. The van der Waals surface area contributed by atoms with E-state index < -0.39 is 5.91 Å². The van der Waals surface area contributed by atoms with Gasteiger partial charge in [0.05, 0.1) is 7.11 Å². The van der Waals surface area contributed by atoms with Crippen molar-refractivity contribution in [1.29, 1.82) is 0 Å². The van der Waals surface area contributed by atoms with Crippen molar-refractivity contribution in [3.8, 4) is 5.75 Å². The highest BCUT2D eigenvalue weighted by atomic mass is 35.5. The van der Waals surface area contributed by atoms with Crippen molar-refractivity contribution < 1.29 is 14.3 Å². The summed E-state index contributed by atoms with van der Waals surface area (Å²) in [5.74, 6) is -0.201. The lowest BCUT2D eigenvalue weighted by Crippen LogP contribution is -2.37. The summed E-state index contributed by atoms with van der Waals surface area (Å²) in [6, 6.07) is 5.94. The number of hydrogen-bond acceptors (Lipinski definition) is 3. The molecule has 0 atom stereocenters. The Morgan fingerprint density at radius 1 is 1.20 bits per heavy atom. The van der Waals surface area contributed by atoms with Gasteiger partial charge in [-0.3, -0.25) is 4.79 Å². The lowest BCUT2D eigenvalue weighted by Gasteiger charge is -2.17. The zero-order chi connectivity index (χ0) is 18.7. The number of aromatic nitrogens is 1. The molecule has 0 saturated heterocycles. The number of nitrogens with zero attached hydrogens (tertiary/aromatic N) is 1. The minimum absolute atomic E-state index is 0.132. The molecule has 6 heteroatoms. The van der Waals surface area contributed by atoms with Gasteiger partial charge < -0.3 is 15.3 Å². The SMILES string of the molecule is CCc1cccc(CC)c1NC(=O)c1c(Cl)c(OC)c(C)[n+]([O-])c1C. The van der Waals surface area contributed by atoms with Crippen LogP contribution in [0, 0.1) is 19.1 Å². The van der Waals surface area contributed by atoms with E-state index in [-0.39, 0.29) is 22.0 Å². The molecule has 25 heavy (non-hydrogen) atoms. The Morgan fingerprint density at radius 2 is 1.76 bits per heavy atom. The molecule has 5 nitrogen and oxygen atoms in total. The minimum atomic E-state index is -0.416. The Labute approximate surface area is 153 Å². The molecule has 134 valence electrons. The van der Waals surface area contributed by atoms with Crippen LogP contribution in [0.15, 0.2) is 18.2 Å². The summed E-state index contributed by atoms with van der Waals surface area (Å²) in [5.41, 5.74) is 3.56. The van der Waals surface area contributed by atoms with Crippen molar-refractivity contribution >= 4 is 23.2 Å². The molecule has 0 aliphatic rings. The number of amides is 1. The first-order valence-electron chi connectivity index (χ1n) is 8.25. The fourth-order valence-electron chi connectivity index (χ4n) is 2.96. The third-order valence-electron chi connectivity index (χ3n) is 4.39. The molecule has 1 heterocycles. The van der Waals surface area contributed by atoms with Crippen LogP contribution in [-0.2, 0) is 12.8 Å². The molecular weight excluding hydrogens is 340 g/mol. The third kappa shape index (κ3) is 3.42. The number of methoxy groups -OCH3 is 1. The number of rotatable bonds is 5. The zero-order valence-corrected chi connectivity index (χ0v) is 16.0. The summed E-state index contributed by atoms with van der Waals surface area (Å²) in [6.07, 6.45) is 1.57. The van der Waals surface area contributed by atoms with Crippen LogP contribution in [0.5, 0.6) is 5.75 Å². The lowest BCUT2D eigenvalue weighted by molar-refractivity contribution is -0.619. The van der Waals surface area contributed by atoms with E-state index in [4.69, 9.17) is 16.3 Å². The second-order valence-corrected chi connectivity index (χ2v) is 6.18. The van der Waals surface area contributed by atoms with Gasteiger partial charge in [-0.05, 0) is 24.0 Å². The maximum Gasteiger partial charge on any atom is 0.263 e. The first-order chi connectivity index (χ1) is 11.9. The lowest BCUT2D eigenvalue weighted by atomic mass is 10.0. The molecule has 0 bridgehead atoms. The summed E-state index contributed by atoms with van der Waals surface area (Å²) in [6.45, 7) is 7.24. The standard InChI is InChI=1S/C19H23ClN2O3/c1-6-13-9-8-10-14(7-2)17(13)21-19(23)15-11(3)22(24)12(4)18(25-5)16(15)20/h8-10H,6-7H2,1-5H3,(H,21,23). The molecule has 0 aliphatic heterocycles. The Bertz CT molecular complexity index is 797. The van der Waals surface area contributed by atoms with Crippen LogP contribution in [-0.4, -0.2) is 13.0 Å². The number of nitrogens with one attached hydrogen (secondary N) is 1. The Kier molecular flexibility index (Phi) is 5.90. The molecule has 0 spiro atoms. The number of carbonyl (C=O) groups excluding carboxylic acids is 1. The second kappa shape index (κ2) is 7.74. The average Bonchev–Trinajstić information content (AvgIpc) is 2.60. The van der Waals surface area contributed by atoms with Crippen LogP contribution in [0.25, 0.3) is 0 Å². The number of halogens is 1. The van der Waals surface area contributed by atoms with E-state index in [9.17, 15) is 10.0 Å². The van der Waals surface area contributed by atoms with Crippen LogP contribution in [0.4, 0.5) is 5.69 Å². The van der Waals surface area contributed by atoms with Crippen molar-refractivity contribution in [2.45, 2.75) is 40.5 Å². The molecule has 0 saturated carbocycles. The number of hydrogen-bond donors (Lipinski definition) is 1. The van der Waals surface area contributed by atoms with E-state index >= 15 is 0 Å². The number of anilines is 1. The van der Waals surface area contributed by atoms with Gasteiger partial charge in [0.2, 0.25) is 17.1 Å². The van der Waals surface area contributed by atoms with Crippen molar-refractivity contribution in [2.75, 3.05) is 12.4 Å². The van der Waals surface area contributed by atoms with E-state index in [2.05, 4.69) is 5.32 Å². The summed E-state index contributed by atoms with van der Waals surface area (Å²) < 4.78 is 5.88. The number of pyridine rings is 1. The quantitative estimate of drug-likeness (QED) is 0.646. The molecule has 2 aromatic rings. The molecule has 1 aromatic carbocycles. The third-order valence-corrected chi connectivity index (χ3v) is 4.75. The van der Waals surface area contributed by atoms with Gasteiger partial charge in [-0.1, -0.05) is 43.6 Å². The van der Waals surface area contributed by atoms with Gasteiger partial charge in [0.25, 0.3) is 5.91 Å². The number of ether oxygens (including phenoxy) is 1. The van der Waals surface area contributed by atoms with Crippen molar-refractivity contribution in [1.82, 2.24) is 0 Å². The van der Waals surface area contributed by atoms with Gasteiger partial charge in [0, 0.05) is 19.5 Å². The molecule has 2 rings (SSSR count). The van der Waals surface area contributed by atoms with Gasteiger partial charge in [-0.2, -0.15) is 4.73 Å². The van der Waals surface area contributed by atoms with Gasteiger partial charge in [0.15, 0.2) is 0 Å². The van der Waals surface area contributed by atoms with E-state index in [1.165, 1.54) is 7.11 Å². The van der Waals surface area contributed by atoms with Crippen molar-refractivity contribution in [3.63, 3.8) is 0 Å². The maximum absolute atomic E-state index is 12.9. The highest BCUT2D eigenvalue weighted by molar-refractivity contribution is 6.36. The molecule has 1 aromatic heterocycles. The molecule has 1 N–H and O–H groups in total. The first kappa shape index (κ1) is 19.1. The highest BCUT2D eigenvalue weighted by Gasteiger charge is 2.28. The van der Waals surface area contributed by atoms with Gasteiger partial charge in [0.1, 0.15) is 10.6 Å². The highest BCUT2D eigenvalue weighted by Crippen LogP contribution is 2.32. The maximum atomic E-state index is 12.9. The van der Waals surface area contributed by atoms with Gasteiger partial charge in [-0.25, -0.2) is 0 Å². The van der Waals surface area contributed by atoms with E-state index in [1.807, 2.05) is 32.0 Å². The second-order valence-electron chi connectivity index (χ2n) is 5.80. The van der Waals surface area contributed by atoms with Gasteiger partial charge in [-0.15, -0.1) is 0 Å². The number of benzene rings is 1. The molecule has 0 aliphatic carbocycles. The van der Waals surface area contributed by atoms with Gasteiger partial charge >= 0.3 is 0 Å². The first-order valence-corrected chi connectivity index (χ1v) is 8.63. The van der Waals surface area contributed by atoms with E-state index in [1.54, 1.807) is 13.8 Å². The van der Waals surface area contributed by atoms with E-state index in [0.717, 1.165) is 29.7 Å². The van der Waals surface area contributed by atoms with E-state index in [0.29, 0.717) is 10.4 Å². The zero-order valence-electron chi connectivity index (χ0n) is 15.2. The Hall–Kier alpha value is -2.27. The van der Waals surface area contributed by atoms with Crippen LogP contribution < -0.4 is 14.8 Å². The number of para-hydroxylation sites is 1. The monoisotopic (exact) mass is 362 g/mol. The Balaban J connectivity index is 2.56. The number of aryl methyl sites for hydroxylation is 2. The smallest absolute Gasteiger partial charge is 0.263 e. The molecule has 0 fully saturated rings. The molecule has 1 amide bonds. The summed E-state index contributed by atoms with van der Waals surface area (Å²) in [4.78, 5) is 12.9. The minimum Gasteiger partial charge on any atom is -0.618 e. The van der Waals surface area contributed by atoms with Crippen LogP contribution in [0.3, 0.4) is 0 Å². The summed E-state index contributed by atoms with van der Waals surface area (Å²) >= 11 is 6.36. The Morgan fingerprint density at radius 3 is 2.24 bits per heavy atom. The van der Waals surface area contributed by atoms with Crippen LogP contribution in [0.1, 0.15) is 46.7 Å². The molecular formula is C19H23ClN2O3. The van der Waals surface area contributed by atoms with Crippen LogP contribution >= 0.6 is 11.6 Å². The average molecular weight is 363 g/mol. The summed E-state index contributed by atoms with van der Waals surface area (Å²) in [5, 5.41) is 15.4. The predicted octanol–water partition coefficient (Wildman–Crippen LogP) is 3.98. The summed E-state index contributed by atoms with van der Waals surface area (Å²) in [7, 11) is 1.42. The predicted molar refractivity (Wildman–Crippen MR) is 99.6 cm³/mol. The topological polar surface area (TPSA) is 65.3 Å². The van der Waals surface area contributed by atoms with Crippen molar-refractivity contribution in [3.05, 3.63) is 56.5 Å².